The molecule has 9 heteroatoms. The molecule has 0 bridgehead atoms. The van der Waals surface area contributed by atoms with Crippen molar-refractivity contribution in [1.29, 1.82) is 0 Å². The molecular weight excluding hydrogens is 354 g/mol. The van der Waals surface area contributed by atoms with Gasteiger partial charge in [-0.05, 0) is 18.6 Å². The summed E-state index contributed by atoms with van der Waals surface area (Å²) in [5, 5.41) is 3.36. The lowest BCUT2D eigenvalue weighted by atomic mass is 10.2. The fraction of sp³-hybridized carbons (Fsp3) is 0.294. The van der Waals surface area contributed by atoms with Crippen LogP contribution in [-0.4, -0.2) is 30.3 Å². The molecule has 3 rings (SSSR count). The van der Waals surface area contributed by atoms with E-state index >= 15 is 0 Å². The molecule has 0 radical (unpaired) electrons. The van der Waals surface area contributed by atoms with Crippen molar-refractivity contribution in [2.45, 2.75) is 12.1 Å². The number of aromatic nitrogens is 4. The summed E-state index contributed by atoms with van der Waals surface area (Å²) in [5.74, 6) is -0.0297. The number of hydrogen-bond donors (Lipinski definition) is 1. The Labute approximate surface area is 153 Å². The molecule has 1 aromatic carbocycles. The molecule has 26 heavy (non-hydrogen) atoms. The lowest BCUT2D eigenvalue weighted by molar-refractivity contribution is -0.113. The van der Waals surface area contributed by atoms with Gasteiger partial charge in [-0.15, -0.1) is 0 Å². The van der Waals surface area contributed by atoms with Crippen molar-refractivity contribution in [2.24, 2.45) is 21.1 Å². The molecule has 1 amide bonds. The van der Waals surface area contributed by atoms with Gasteiger partial charge in [-0.2, -0.15) is 0 Å². The van der Waals surface area contributed by atoms with Crippen LogP contribution in [0.5, 0.6) is 0 Å². The predicted molar refractivity (Wildman–Crippen MR) is 102 cm³/mol. The Bertz CT molecular complexity index is 1130. The average Bonchev–Trinajstić information content (AvgIpc) is 2.95. The second-order valence-electron chi connectivity index (χ2n) is 5.98. The van der Waals surface area contributed by atoms with Gasteiger partial charge in [0.05, 0.1) is 5.75 Å². The van der Waals surface area contributed by atoms with Crippen LogP contribution in [0.15, 0.2) is 39.0 Å². The zero-order valence-corrected chi connectivity index (χ0v) is 15.8. The van der Waals surface area contributed by atoms with Crippen molar-refractivity contribution >= 4 is 34.5 Å². The minimum atomic E-state index is -0.449. The fourth-order valence-electron chi connectivity index (χ4n) is 2.72. The summed E-state index contributed by atoms with van der Waals surface area (Å²) in [7, 11) is 4.72. The van der Waals surface area contributed by atoms with Gasteiger partial charge in [0.25, 0.3) is 5.56 Å². The van der Waals surface area contributed by atoms with Gasteiger partial charge in [0.15, 0.2) is 16.3 Å². The quantitative estimate of drug-likeness (QED) is 0.689. The Morgan fingerprint density at radius 2 is 1.81 bits per heavy atom. The Morgan fingerprint density at radius 1 is 1.12 bits per heavy atom. The standard InChI is InChI=1S/C17H19N5O3S/c1-10-7-5-6-8-11(10)18-12(23)9-26-16-19-13-14(20(16)2)21(3)17(25)22(4)15(13)24/h5-8H,9H2,1-4H3,(H,18,23). The first-order chi connectivity index (χ1) is 12.3. The fourth-order valence-corrected chi connectivity index (χ4v) is 3.49. The van der Waals surface area contributed by atoms with Crippen LogP contribution in [0.1, 0.15) is 5.56 Å². The first kappa shape index (κ1) is 18.0. The molecule has 0 fully saturated rings. The largest absolute Gasteiger partial charge is 0.332 e. The van der Waals surface area contributed by atoms with Crippen LogP contribution >= 0.6 is 11.8 Å². The van der Waals surface area contributed by atoms with Gasteiger partial charge in [-0.1, -0.05) is 30.0 Å². The number of benzene rings is 1. The molecule has 8 nitrogen and oxygen atoms in total. The maximum atomic E-state index is 12.3. The van der Waals surface area contributed by atoms with Crippen molar-refractivity contribution in [1.82, 2.24) is 18.7 Å². The number of rotatable bonds is 4. The van der Waals surface area contributed by atoms with Crippen molar-refractivity contribution in [3.05, 3.63) is 50.7 Å². The molecule has 0 unspecified atom stereocenters. The molecule has 2 heterocycles. The number of imidazole rings is 1. The first-order valence-electron chi connectivity index (χ1n) is 7.92. The van der Waals surface area contributed by atoms with E-state index in [2.05, 4.69) is 10.3 Å². The number of nitrogens with one attached hydrogen (secondary N) is 1. The number of carbonyl (C=O) groups is 1. The molecule has 1 N–H and O–H groups in total. The van der Waals surface area contributed by atoms with E-state index in [0.717, 1.165) is 15.8 Å². The van der Waals surface area contributed by atoms with Crippen molar-refractivity contribution in [3.63, 3.8) is 0 Å². The number of aryl methyl sites for hydroxylation is 3. The molecule has 0 aliphatic heterocycles. The predicted octanol–water partition coefficient (Wildman–Crippen LogP) is 1.01. The molecular formula is C17H19N5O3S. The minimum absolute atomic E-state index is 0.139. The van der Waals surface area contributed by atoms with Gasteiger partial charge in [0.2, 0.25) is 5.91 Å². The normalized spacial score (nSPS) is 11.1. The number of amides is 1. The highest BCUT2D eigenvalue weighted by Crippen LogP contribution is 2.21. The topological polar surface area (TPSA) is 90.9 Å². The van der Waals surface area contributed by atoms with E-state index in [1.165, 1.54) is 23.4 Å². The number of nitrogens with zero attached hydrogens (tertiary/aromatic N) is 4. The van der Waals surface area contributed by atoms with Gasteiger partial charge < -0.3 is 9.88 Å². The van der Waals surface area contributed by atoms with E-state index < -0.39 is 11.2 Å². The van der Waals surface area contributed by atoms with E-state index in [1.807, 2.05) is 31.2 Å². The monoisotopic (exact) mass is 373 g/mol. The van der Waals surface area contributed by atoms with Gasteiger partial charge in [-0.3, -0.25) is 18.7 Å². The summed E-state index contributed by atoms with van der Waals surface area (Å²) < 4.78 is 4.06. The SMILES string of the molecule is Cc1ccccc1NC(=O)CSc1nc2c(=O)n(C)c(=O)n(C)c2n1C. The Balaban J connectivity index is 1.85. The van der Waals surface area contributed by atoms with Crippen LogP contribution in [0.4, 0.5) is 5.69 Å². The number of para-hydroxylation sites is 1. The highest BCUT2D eigenvalue weighted by molar-refractivity contribution is 7.99. The number of thioether (sulfide) groups is 1. The maximum Gasteiger partial charge on any atom is 0.332 e. The first-order valence-corrected chi connectivity index (χ1v) is 8.90. The van der Waals surface area contributed by atoms with Gasteiger partial charge in [-0.25, -0.2) is 9.78 Å². The zero-order valence-electron chi connectivity index (χ0n) is 14.9. The second-order valence-corrected chi connectivity index (χ2v) is 6.93. The van der Waals surface area contributed by atoms with E-state index in [4.69, 9.17) is 0 Å². The van der Waals surface area contributed by atoms with Gasteiger partial charge >= 0.3 is 5.69 Å². The number of carbonyl (C=O) groups excluding carboxylic acids is 1. The van der Waals surface area contributed by atoms with Crippen molar-refractivity contribution in [3.8, 4) is 0 Å². The molecule has 3 aromatic rings. The van der Waals surface area contributed by atoms with Crippen LogP contribution in [0.2, 0.25) is 0 Å². The summed E-state index contributed by atoms with van der Waals surface area (Å²) in [4.78, 5) is 40.9. The number of fused-ring (bicyclic) bond motifs is 1. The highest BCUT2D eigenvalue weighted by Gasteiger charge is 2.18. The van der Waals surface area contributed by atoms with Crippen LogP contribution in [0.3, 0.4) is 0 Å². The number of anilines is 1. The zero-order chi connectivity index (χ0) is 19.0. The molecule has 0 saturated heterocycles. The Morgan fingerprint density at radius 3 is 2.50 bits per heavy atom. The average molecular weight is 373 g/mol. The van der Waals surface area contributed by atoms with E-state index in [0.29, 0.717) is 10.8 Å². The second kappa shape index (κ2) is 6.83. The summed E-state index contributed by atoms with van der Waals surface area (Å²) in [6.07, 6.45) is 0. The van der Waals surface area contributed by atoms with Crippen molar-refractivity contribution in [2.75, 3.05) is 11.1 Å². The minimum Gasteiger partial charge on any atom is -0.325 e. The van der Waals surface area contributed by atoms with E-state index in [9.17, 15) is 14.4 Å². The lowest BCUT2D eigenvalue weighted by Crippen LogP contribution is -2.37. The highest BCUT2D eigenvalue weighted by atomic mass is 32.2. The molecule has 0 aliphatic rings. The third-order valence-corrected chi connectivity index (χ3v) is 5.20. The van der Waals surface area contributed by atoms with Crippen LogP contribution in [0, 0.1) is 6.92 Å². The molecule has 0 spiro atoms. The summed E-state index contributed by atoms with van der Waals surface area (Å²) in [5.41, 5.74) is 1.51. The van der Waals surface area contributed by atoms with E-state index in [-0.39, 0.29) is 17.2 Å². The Kier molecular flexibility index (Phi) is 4.73. The maximum absolute atomic E-state index is 12.3. The van der Waals surface area contributed by atoms with Crippen LogP contribution < -0.4 is 16.6 Å². The van der Waals surface area contributed by atoms with Gasteiger partial charge in [0.1, 0.15) is 0 Å². The third-order valence-electron chi connectivity index (χ3n) is 4.17. The summed E-state index contributed by atoms with van der Waals surface area (Å²) in [6.45, 7) is 1.92. The molecule has 0 atom stereocenters. The smallest absolute Gasteiger partial charge is 0.325 e. The summed E-state index contributed by atoms with van der Waals surface area (Å²) in [6, 6.07) is 7.53. The molecule has 0 aliphatic carbocycles. The van der Waals surface area contributed by atoms with Crippen LogP contribution in [-0.2, 0) is 25.9 Å². The molecule has 0 saturated carbocycles. The number of hydrogen-bond acceptors (Lipinski definition) is 5. The third kappa shape index (κ3) is 3.05. The molecule has 2 aromatic heterocycles. The van der Waals surface area contributed by atoms with Gasteiger partial charge in [0, 0.05) is 26.8 Å². The van der Waals surface area contributed by atoms with Crippen LogP contribution in [0.25, 0.3) is 11.2 Å². The molecule has 136 valence electrons. The lowest BCUT2D eigenvalue weighted by Gasteiger charge is -2.08. The summed E-state index contributed by atoms with van der Waals surface area (Å²) >= 11 is 1.21. The van der Waals surface area contributed by atoms with E-state index in [1.54, 1.807) is 18.7 Å². The Hall–Kier alpha value is -2.81. The van der Waals surface area contributed by atoms with Crippen molar-refractivity contribution < 1.29 is 4.79 Å².